The van der Waals surface area contributed by atoms with E-state index in [1.165, 1.54) is 22.9 Å². The van der Waals surface area contributed by atoms with Gasteiger partial charge in [0.2, 0.25) is 0 Å². The molecule has 0 aromatic heterocycles. The molecule has 0 fully saturated rings. The van der Waals surface area contributed by atoms with Crippen molar-refractivity contribution in [3.05, 3.63) is 59.2 Å². The molecular formula is C17H18O3S. The summed E-state index contributed by atoms with van der Waals surface area (Å²) in [5, 5.41) is 9.12. The van der Waals surface area contributed by atoms with Crippen LogP contribution in [0.15, 0.2) is 47.4 Å². The third-order valence-corrected chi connectivity index (χ3v) is 3.96. The summed E-state index contributed by atoms with van der Waals surface area (Å²) in [6.45, 7) is 4.62. The van der Waals surface area contributed by atoms with E-state index >= 15 is 0 Å². The van der Waals surface area contributed by atoms with Crippen molar-refractivity contribution in [2.45, 2.75) is 18.7 Å². The number of thioether (sulfide) groups is 1. The first-order valence-corrected chi connectivity index (χ1v) is 7.71. The van der Waals surface area contributed by atoms with Crippen LogP contribution < -0.4 is 4.74 Å². The third-order valence-electron chi connectivity index (χ3n) is 2.92. The molecule has 4 heteroatoms. The molecule has 0 heterocycles. The van der Waals surface area contributed by atoms with E-state index in [0.717, 1.165) is 10.6 Å². The first-order chi connectivity index (χ1) is 10.1. The zero-order valence-corrected chi connectivity index (χ0v) is 12.9. The average Bonchev–Trinajstić information content (AvgIpc) is 2.43. The Balaban J connectivity index is 1.89. The van der Waals surface area contributed by atoms with Crippen LogP contribution in [-0.2, 0) is 0 Å². The Kier molecular flexibility index (Phi) is 5.28. The second-order valence-corrected chi connectivity index (χ2v) is 5.96. The minimum Gasteiger partial charge on any atom is -0.493 e. The van der Waals surface area contributed by atoms with Crippen LogP contribution in [0, 0.1) is 13.8 Å². The largest absolute Gasteiger partial charge is 0.493 e. The van der Waals surface area contributed by atoms with Crippen molar-refractivity contribution in [2.24, 2.45) is 0 Å². The Labute approximate surface area is 129 Å². The van der Waals surface area contributed by atoms with E-state index in [2.05, 4.69) is 6.07 Å². The van der Waals surface area contributed by atoms with Gasteiger partial charge in [0.25, 0.3) is 0 Å². The molecule has 0 amide bonds. The van der Waals surface area contributed by atoms with Crippen molar-refractivity contribution in [1.82, 2.24) is 0 Å². The molecule has 0 unspecified atom stereocenters. The lowest BCUT2D eigenvalue weighted by atomic mass is 10.1. The molecule has 0 saturated heterocycles. The predicted octanol–water partition coefficient (Wildman–Crippen LogP) is 4.17. The summed E-state index contributed by atoms with van der Waals surface area (Å²) in [4.78, 5) is 11.9. The van der Waals surface area contributed by atoms with Gasteiger partial charge in [0.15, 0.2) is 0 Å². The van der Waals surface area contributed by atoms with Crippen molar-refractivity contribution in [3.63, 3.8) is 0 Å². The van der Waals surface area contributed by atoms with Gasteiger partial charge in [-0.15, -0.1) is 11.8 Å². The average molecular weight is 302 g/mol. The monoisotopic (exact) mass is 302 g/mol. The van der Waals surface area contributed by atoms with Gasteiger partial charge in [-0.2, -0.15) is 0 Å². The van der Waals surface area contributed by atoms with E-state index in [-0.39, 0.29) is 0 Å². The fourth-order valence-corrected chi connectivity index (χ4v) is 2.97. The van der Waals surface area contributed by atoms with E-state index in [9.17, 15) is 4.79 Å². The summed E-state index contributed by atoms with van der Waals surface area (Å²) in [7, 11) is 0. The van der Waals surface area contributed by atoms with Gasteiger partial charge in [0.05, 0.1) is 12.2 Å². The van der Waals surface area contributed by atoms with E-state index < -0.39 is 5.97 Å². The number of ether oxygens (including phenoxy) is 1. The molecule has 0 saturated carbocycles. The molecule has 0 atom stereocenters. The predicted molar refractivity (Wildman–Crippen MR) is 85.5 cm³/mol. The summed E-state index contributed by atoms with van der Waals surface area (Å²) in [5.74, 6) is 0.671. The normalized spacial score (nSPS) is 10.4. The number of aromatic carboxylic acids is 1. The van der Waals surface area contributed by atoms with Gasteiger partial charge in [0.1, 0.15) is 5.75 Å². The Morgan fingerprint density at radius 1 is 1.14 bits per heavy atom. The molecule has 2 aromatic carbocycles. The molecule has 0 radical (unpaired) electrons. The van der Waals surface area contributed by atoms with Gasteiger partial charge in [-0.25, -0.2) is 4.79 Å². The zero-order chi connectivity index (χ0) is 15.2. The van der Waals surface area contributed by atoms with Crippen LogP contribution in [0.3, 0.4) is 0 Å². The zero-order valence-electron chi connectivity index (χ0n) is 12.1. The Morgan fingerprint density at radius 2 is 1.81 bits per heavy atom. The van der Waals surface area contributed by atoms with Gasteiger partial charge in [-0.3, -0.25) is 0 Å². The standard InChI is InChI=1S/C17H18O3S/c1-12-9-13(2)11-14(10-12)20-7-8-21-16-6-4-3-5-15(16)17(18)19/h3-6,9-11H,7-8H2,1-2H3,(H,18,19). The first kappa shape index (κ1) is 15.4. The fourth-order valence-electron chi connectivity index (χ4n) is 2.10. The molecule has 0 aliphatic carbocycles. The van der Waals surface area contributed by atoms with Crippen LogP contribution in [0.1, 0.15) is 21.5 Å². The fraction of sp³-hybridized carbons (Fsp3) is 0.235. The number of carbonyl (C=O) groups is 1. The van der Waals surface area contributed by atoms with Gasteiger partial charge in [-0.1, -0.05) is 18.2 Å². The number of carboxylic acid groups (broad SMARTS) is 1. The molecule has 0 aliphatic rings. The maximum Gasteiger partial charge on any atom is 0.336 e. The highest BCUT2D eigenvalue weighted by molar-refractivity contribution is 7.99. The summed E-state index contributed by atoms with van der Waals surface area (Å²) in [6, 6.07) is 13.1. The summed E-state index contributed by atoms with van der Waals surface area (Å²) < 4.78 is 5.72. The molecule has 0 spiro atoms. The van der Waals surface area contributed by atoms with Crippen molar-refractivity contribution < 1.29 is 14.6 Å². The van der Waals surface area contributed by atoms with E-state index in [4.69, 9.17) is 9.84 Å². The Hall–Kier alpha value is -1.94. The number of rotatable bonds is 6. The quantitative estimate of drug-likeness (QED) is 0.642. The molecule has 0 bridgehead atoms. The van der Waals surface area contributed by atoms with Crippen molar-refractivity contribution in [3.8, 4) is 5.75 Å². The number of carboxylic acids is 1. The van der Waals surface area contributed by atoms with Crippen LogP contribution in [0.25, 0.3) is 0 Å². The van der Waals surface area contributed by atoms with Gasteiger partial charge in [0, 0.05) is 10.6 Å². The molecule has 1 N–H and O–H groups in total. The number of benzene rings is 2. The van der Waals surface area contributed by atoms with Crippen LogP contribution >= 0.6 is 11.8 Å². The van der Waals surface area contributed by atoms with Crippen molar-refractivity contribution in [2.75, 3.05) is 12.4 Å². The molecule has 2 aromatic rings. The van der Waals surface area contributed by atoms with Crippen LogP contribution in [0.2, 0.25) is 0 Å². The maximum atomic E-state index is 11.1. The smallest absolute Gasteiger partial charge is 0.336 e. The summed E-state index contributed by atoms with van der Waals surface area (Å²) in [6.07, 6.45) is 0. The summed E-state index contributed by atoms with van der Waals surface area (Å²) >= 11 is 1.50. The van der Waals surface area contributed by atoms with Crippen LogP contribution in [0.4, 0.5) is 0 Å². The minimum atomic E-state index is -0.895. The maximum absolute atomic E-state index is 11.1. The Bertz CT molecular complexity index is 617. The molecule has 3 nitrogen and oxygen atoms in total. The second kappa shape index (κ2) is 7.18. The van der Waals surface area contributed by atoms with Gasteiger partial charge in [-0.05, 0) is 49.2 Å². The minimum absolute atomic E-state index is 0.342. The van der Waals surface area contributed by atoms with E-state index in [0.29, 0.717) is 17.9 Å². The molecule has 2 rings (SSSR count). The SMILES string of the molecule is Cc1cc(C)cc(OCCSc2ccccc2C(=O)O)c1. The molecule has 21 heavy (non-hydrogen) atoms. The second-order valence-electron chi connectivity index (χ2n) is 4.82. The molecule has 110 valence electrons. The molecular weight excluding hydrogens is 284 g/mol. The number of hydrogen-bond acceptors (Lipinski definition) is 3. The lowest BCUT2D eigenvalue weighted by Gasteiger charge is -2.09. The van der Waals surface area contributed by atoms with Gasteiger partial charge >= 0.3 is 5.97 Å². The molecule has 0 aliphatic heterocycles. The van der Waals surface area contributed by atoms with E-state index in [1.54, 1.807) is 12.1 Å². The van der Waals surface area contributed by atoms with Crippen molar-refractivity contribution in [1.29, 1.82) is 0 Å². The van der Waals surface area contributed by atoms with Gasteiger partial charge < -0.3 is 9.84 Å². The number of hydrogen-bond donors (Lipinski definition) is 1. The highest BCUT2D eigenvalue weighted by atomic mass is 32.2. The third kappa shape index (κ3) is 4.53. The first-order valence-electron chi connectivity index (χ1n) is 6.72. The topological polar surface area (TPSA) is 46.5 Å². The highest BCUT2D eigenvalue weighted by Gasteiger charge is 2.09. The van der Waals surface area contributed by atoms with Crippen LogP contribution in [0.5, 0.6) is 5.75 Å². The van der Waals surface area contributed by atoms with E-state index in [1.807, 2.05) is 38.1 Å². The van der Waals surface area contributed by atoms with Crippen LogP contribution in [-0.4, -0.2) is 23.4 Å². The Morgan fingerprint density at radius 3 is 2.48 bits per heavy atom. The lowest BCUT2D eigenvalue weighted by molar-refractivity contribution is 0.0693. The number of aryl methyl sites for hydroxylation is 2. The summed E-state index contributed by atoms with van der Waals surface area (Å²) in [5.41, 5.74) is 2.69. The highest BCUT2D eigenvalue weighted by Crippen LogP contribution is 2.23. The van der Waals surface area contributed by atoms with Crippen molar-refractivity contribution >= 4 is 17.7 Å². The lowest BCUT2D eigenvalue weighted by Crippen LogP contribution is -2.03.